The standard InChI is InChI=1S/C57H70ClN5O6S/c1-40-53(70-39-60-40)45-26-24-41(25-27-45)37-59-55(67)49-36-46(64)38-63(49)56(68)54(57(2,3)4)61-50(65)22-16-8-6-7-9-17-23-51(66)62(5)34-35-69-47-30-28-44(29-31-47)52(43-20-14-11-15-21-43)48(32-33-58)42-18-12-10-13-19-42/h10-15,18-21,24-31,39,46,49,54,64H,6-9,16-17,22-23,32-38H2,1-5H3,(H,59,67)(H,61,65)/b52-48-/t46-,49+,54-/m1/s1. The number of likely N-dealkylation sites (tertiary alicyclic amines) is 1. The molecule has 372 valence electrons. The summed E-state index contributed by atoms with van der Waals surface area (Å²) in [6.07, 6.45) is 5.89. The first-order valence-corrected chi connectivity index (χ1v) is 26.1. The monoisotopic (exact) mass is 987 g/mol. The first-order chi connectivity index (χ1) is 33.7. The molecule has 0 unspecified atom stereocenters. The fourth-order valence-corrected chi connectivity index (χ4v) is 9.88. The van der Waals surface area contributed by atoms with Gasteiger partial charge in [0, 0.05) is 45.3 Å². The smallest absolute Gasteiger partial charge is 0.246 e. The minimum absolute atomic E-state index is 0.0241. The number of benzene rings is 4. The molecule has 13 heteroatoms. The molecule has 11 nitrogen and oxygen atoms in total. The topological polar surface area (TPSA) is 141 Å². The Morgan fingerprint density at radius 1 is 0.829 bits per heavy atom. The summed E-state index contributed by atoms with van der Waals surface area (Å²) in [5.74, 6) is 0.409. The molecule has 0 saturated carbocycles. The Labute approximate surface area is 423 Å². The summed E-state index contributed by atoms with van der Waals surface area (Å²) in [6.45, 7) is 8.80. The summed E-state index contributed by atoms with van der Waals surface area (Å²) >= 11 is 7.91. The number of unbranched alkanes of at least 4 members (excludes halogenated alkanes) is 5. The predicted molar refractivity (Wildman–Crippen MR) is 282 cm³/mol. The number of aryl methyl sites for hydroxylation is 1. The van der Waals surface area contributed by atoms with Gasteiger partial charge in [0.2, 0.25) is 23.6 Å². The average molecular weight is 989 g/mol. The molecular weight excluding hydrogens is 918 g/mol. The molecule has 3 N–H and O–H groups in total. The maximum Gasteiger partial charge on any atom is 0.246 e. The zero-order valence-electron chi connectivity index (χ0n) is 41.4. The maximum atomic E-state index is 14.0. The molecule has 1 aromatic heterocycles. The van der Waals surface area contributed by atoms with Crippen LogP contribution in [0.1, 0.15) is 113 Å². The van der Waals surface area contributed by atoms with E-state index in [1.807, 2.05) is 101 Å². The zero-order valence-corrected chi connectivity index (χ0v) is 43.0. The van der Waals surface area contributed by atoms with Crippen molar-refractivity contribution in [1.82, 2.24) is 25.4 Å². The van der Waals surface area contributed by atoms with Crippen molar-refractivity contribution >= 4 is 57.7 Å². The summed E-state index contributed by atoms with van der Waals surface area (Å²) < 4.78 is 6.08. The van der Waals surface area contributed by atoms with Crippen LogP contribution in [0, 0.1) is 12.3 Å². The van der Waals surface area contributed by atoms with Crippen LogP contribution in [0.4, 0.5) is 0 Å². The van der Waals surface area contributed by atoms with E-state index in [9.17, 15) is 24.3 Å². The number of aromatic nitrogens is 1. The number of thiazole rings is 1. The summed E-state index contributed by atoms with van der Waals surface area (Å²) in [4.78, 5) is 62.2. The van der Waals surface area contributed by atoms with Crippen LogP contribution in [-0.2, 0) is 25.7 Å². The summed E-state index contributed by atoms with van der Waals surface area (Å²) in [7, 11) is 1.81. The van der Waals surface area contributed by atoms with Crippen molar-refractivity contribution in [2.45, 2.75) is 117 Å². The van der Waals surface area contributed by atoms with Gasteiger partial charge in [-0.1, -0.05) is 144 Å². The molecule has 1 saturated heterocycles. The van der Waals surface area contributed by atoms with E-state index in [2.05, 4.69) is 64.1 Å². The number of allylic oxidation sites excluding steroid dienone is 1. The summed E-state index contributed by atoms with van der Waals surface area (Å²) in [5.41, 5.74) is 9.82. The van der Waals surface area contributed by atoms with Crippen molar-refractivity contribution in [2.24, 2.45) is 5.41 Å². The lowest BCUT2D eigenvalue weighted by molar-refractivity contribution is -0.144. The van der Waals surface area contributed by atoms with Crippen LogP contribution in [0.3, 0.4) is 0 Å². The Kier molecular flexibility index (Phi) is 20.2. The van der Waals surface area contributed by atoms with Crippen LogP contribution in [0.25, 0.3) is 21.6 Å². The molecule has 2 heterocycles. The fraction of sp³-hybridized carbons (Fsp3) is 0.421. The lowest BCUT2D eigenvalue weighted by Crippen LogP contribution is -2.57. The molecule has 1 fully saturated rings. The Hall–Kier alpha value is -5.82. The van der Waals surface area contributed by atoms with Gasteiger partial charge in [0.25, 0.3) is 0 Å². The molecule has 70 heavy (non-hydrogen) atoms. The van der Waals surface area contributed by atoms with Crippen molar-refractivity contribution in [1.29, 1.82) is 0 Å². The second-order valence-electron chi connectivity index (χ2n) is 19.3. The lowest BCUT2D eigenvalue weighted by Gasteiger charge is -2.35. The quantitative estimate of drug-likeness (QED) is 0.0318. The lowest BCUT2D eigenvalue weighted by atomic mass is 9.85. The number of rotatable bonds is 24. The molecule has 0 aliphatic carbocycles. The number of halogens is 1. The molecule has 1 aliphatic heterocycles. The van der Waals surface area contributed by atoms with Gasteiger partial charge in [-0.25, -0.2) is 4.98 Å². The SMILES string of the molecule is Cc1ncsc1-c1ccc(CNC(=O)[C@@H]2C[C@@H](O)CN2C(=O)[C@@H](NC(=O)CCCCCCCCC(=O)N(C)CCOc2ccc(/C(=C(/CCCl)c3ccccc3)c3ccccc3)cc2)C(C)(C)C)cc1. The Bertz CT molecular complexity index is 2490. The van der Waals surface area contributed by atoms with Gasteiger partial charge in [0.15, 0.2) is 0 Å². The van der Waals surface area contributed by atoms with E-state index in [4.69, 9.17) is 16.3 Å². The van der Waals surface area contributed by atoms with E-state index in [1.54, 1.807) is 16.2 Å². The average Bonchev–Trinajstić information content (AvgIpc) is 3.98. The number of β-amino-alcohol motifs (C(OH)–C–C–N with tert-alkyl or cyclic N) is 1. The van der Waals surface area contributed by atoms with E-state index >= 15 is 0 Å². The highest BCUT2D eigenvalue weighted by Gasteiger charge is 2.44. The van der Waals surface area contributed by atoms with Crippen molar-refractivity contribution in [3.8, 4) is 16.2 Å². The number of amides is 4. The summed E-state index contributed by atoms with van der Waals surface area (Å²) in [5, 5.41) is 16.5. The van der Waals surface area contributed by atoms with Crippen molar-refractivity contribution < 1.29 is 29.0 Å². The molecule has 1 aliphatic rings. The number of carbonyl (C=O) groups is 4. The van der Waals surface area contributed by atoms with Crippen molar-refractivity contribution in [3.05, 3.63) is 143 Å². The maximum absolute atomic E-state index is 14.0. The van der Waals surface area contributed by atoms with E-state index in [1.165, 1.54) is 10.5 Å². The summed E-state index contributed by atoms with van der Waals surface area (Å²) in [6, 6.07) is 35.1. The highest BCUT2D eigenvalue weighted by atomic mass is 35.5. The third-order valence-electron chi connectivity index (χ3n) is 12.9. The van der Waals surface area contributed by atoms with E-state index in [-0.39, 0.29) is 49.6 Å². The van der Waals surface area contributed by atoms with Crippen molar-refractivity contribution in [3.63, 3.8) is 0 Å². The number of hydrogen-bond acceptors (Lipinski definition) is 8. The van der Waals surface area contributed by atoms with Crippen LogP contribution in [0.2, 0.25) is 0 Å². The molecule has 4 aromatic carbocycles. The van der Waals surface area contributed by atoms with Gasteiger partial charge in [0.1, 0.15) is 24.4 Å². The Morgan fingerprint density at radius 3 is 2.06 bits per heavy atom. The van der Waals surface area contributed by atoms with Crippen molar-refractivity contribution in [2.75, 3.05) is 32.6 Å². The molecule has 5 aromatic rings. The van der Waals surface area contributed by atoms with Gasteiger partial charge >= 0.3 is 0 Å². The van der Waals surface area contributed by atoms with Crippen LogP contribution >= 0.6 is 22.9 Å². The third kappa shape index (κ3) is 15.3. The van der Waals surface area contributed by atoms with Gasteiger partial charge in [-0.3, -0.25) is 19.2 Å². The third-order valence-corrected chi connectivity index (χ3v) is 14.0. The largest absolute Gasteiger partial charge is 0.492 e. The number of nitrogens with one attached hydrogen (secondary N) is 2. The van der Waals surface area contributed by atoms with E-state index in [0.717, 1.165) is 88.2 Å². The van der Waals surface area contributed by atoms with Crippen LogP contribution < -0.4 is 15.4 Å². The highest BCUT2D eigenvalue weighted by Crippen LogP contribution is 2.36. The first kappa shape index (κ1) is 53.5. The fourth-order valence-electron chi connectivity index (χ4n) is 8.88. The van der Waals surface area contributed by atoms with Gasteiger partial charge in [-0.2, -0.15) is 0 Å². The van der Waals surface area contributed by atoms with Crippen LogP contribution in [-0.4, -0.2) is 94.3 Å². The molecule has 0 radical (unpaired) electrons. The second-order valence-corrected chi connectivity index (χ2v) is 20.5. The number of nitrogens with zero attached hydrogens (tertiary/aromatic N) is 3. The number of aliphatic hydroxyl groups excluding tert-OH is 1. The minimum atomic E-state index is -0.867. The first-order valence-electron chi connectivity index (χ1n) is 24.7. The van der Waals surface area contributed by atoms with Gasteiger partial charge < -0.3 is 30.3 Å². The molecule has 0 spiro atoms. The zero-order chi connectivity index (χ0) is 50.0. The molecule has 6 rings (SSSR count). The number of carbonyl (C=O) groups excluding carboxylic acids is 4. The van der Waals surface area contributed by atoms with E-state index < -0.39 is 23.6 Å². The molecule has 0 bridgehead atoms. The van der Waals surface area contributed by atoms with Gasteiger partial charge in [0.05, 0.1) is 28.7 Å². The molecule has 3 atom stereocenters. The van der Waals surface area contributed by atoms with Crippen LogP contribution in [0.5, 0.6) is 5.75 Å². The number of hydrogen-bond donors (Lipinski definition) is 3. The van der Waals surface area contributed by atoms with E-state index in [0.29, 0.717) is 31.9 Å². The predicted octanol–water partition coefficient (Wildman–Crippen LogP) is 10.5. The Morgan fingerprint density at radius 2 is 1.44 bits per heavy atom. The van der Waals surface area contributed by atoms with Gasteiger partial charge in [-0.05, 0) is 82.7 Å². The minimum Gasteiger partial charge on any atom is -0.492 e. The number of aliphatic hydroxyl groups is 1. The normalized spacial score (nSPS) is 15.5. The Balaban J connectivity index is 0.870. The van der Waals surface area contributed by atoms with Gasteiger partial charge in [-0.15, -0.1) is 22.9 Å². The highest BCUT2D eigenvalue weighted by molar-refractivity contribution is 7.13. The molecule has 4 amide bonds. The second kappa shape index (κ2) is 26.4. The molecular formula is C57H70ClN5O6S. The number of likely N-dealkylation sites (N-methyl/N-ethyl adjacent to an activating group) is 1. The number of ether oxygens (including phenoxy) is 1. The van der Waals surface area contributed by atoms with Crippen LogP contribution in [0.15, 0.2) is 115 Å². The number of alkyl halides is 1.